The van der Waals surface area contributed by atoms with Crippen LogP contribution in [0.15, 0.2) is 71.6 Å². The fraction of sp³-hybridized carbons (Fsp3) is 0.0500. The molecule has 1 amide bonds. The highest BCUT2D eigenvalue weighted by Crippen LogP contribution is 2.35. The summed E-state index contributed by atoms with van der Waals surface area (Å²) in [6.45, 7) is 4.11. The molecule has 0 radical (unpaired) electrons. The van der Waals surface area contributed by atoms with Crippen molar-refractivity contribution in [1.82, 2.24) is 14.7 Å². The van der Waals surface area contributed by atoms with Gasteiger partial charge in [0, 0.05) is 18.3 Å². The molecule has 4 rings (SSSR count). The average molecular weight is 410 g/mol. The molecule has 0 spiro atoms. The molecule has 4 nitrogen and oxygen atoms in total. The topological polar surface area (TPSA) is 38.1 Å². The molecular formula is C20H15N3OS3. The van der Waals surface area contributed by atoms with Crippen LogP contribution in [0.25, 0.3) is 22.3 Å². The van der Waals surface area contributed by atoms with Gasteiger partial charge >= 0.3 is 0 Å². The van der Waals surface area contributed by atoms with Gasteiger partial charge in [-0.25, -0.2) is 4.68 Å². The van der Waals surface area contributed by atoms with Crippen molar-refractivity contribution in [2.45, 2.75) is 0 Å². The second kappa shape index (κ2) is 7.64. The second-order valence-electron chi connectivity index (χ2n) is 5.77. The number of hydrogen-bond donors (Lipinski definition) is 0. The lowest BCUT2D eigenvalue weighted by molar-refractivity contribution is -0.121. The van der Waals surface area contributed by atoms with Crippen LogP contribution in [0.5, 0.6) is 0 Å². The molecule has 0 unspecified atom stereocenters. The number of amides is 1. The zero-order valence-electron chi connectivity index (χ0n) is 14.2. The first-order valence-corrected chi connectivity index (χ1v) is 10.3. The quantitative estimate of drug-likeness (QED) is 0.338. The third-order valence-electron chi connectivity index (χ3n) is 3.99. The monoisotopic (exact) mass is 409 g/mol. The highest BCUT2D eigenvalue weighted by Gasteiger charge is 2.31. The summed E-state index contributed by atoms with van der Waals surface area (Å²) in [6.07, 6.45) is 5.51. The lowest BCUT2D eigenvalue weighted by Gasteiger charge is -2.10. The maximum absolute atomic E-state index is 12.7. The SMILES string of the molecule is C=CCN1C(=O)/C(=C/c2cn(-c3ccccc3)nc2-c2cccs2)SC1=S. The molecular weight excluding hydrogens is 394 g/mol. The van der Waals surface area contributed by atoms with E-state index in [0.717, 1.165) is 21.8 Å². The Balaban J connectivity index is 1.78. The van der Waals surface area contributed by atoms with E-state index in [1.165, 1.54) is 11.8 Å². The van der Waals surface area contributed by atoms with E-state index in [2.05, 4.69) is 6.58 Å². The minimum absolute atomic E-state index is 0.0884. The smallest absolute Gasteiger partial charge is 0.266 e. The third kappa shape index (κ3) is 3.53. The Labute approximate surface area is 170 Å². The maximum atomic E-state index is 12.7. The highest BCUT2D eigenvalue weighted by atomic mass is 32.2. The maximum Gasteiger partial charge on any atom is 0.266 e. The summed E-state index contributed by atoms with van der Waals surface area (Å²) < 4.78 is 2.39. The molecule has 0 saturated carbocycles. The molecule has 1 fully saturated rings. The summed E-state index contributed by atoms with van der Waals surface area (Å²) in [4.78, 5) is 15.9. The first kappa shape index (κ1) is 17.9. The van der Waals surface area contributed by atoms with Gasteiger partial charge in [-0.3, -0.25) is 9.69 Å². The fourth-order valence-electron chi connectivity index (χ4n) is 2.74. The van der Waals surface area contributed by atoms with Crippen LogP contribution in [0.4, 0.5) is 0 Å². The zero-order chi connectivity index (χ0) is 18.8. The van der Waals surface area contributed by atoms with Crippen molar-refractivity contribution in [3.8, 4) is 16.3 Å². The molecule has 2 aromatic heterocycles. The normalized spacial score (nSPS) is 15.7. The lowest BCUT2D eigenvalue weighted by Crippen LogP contribution is -2.27. The second-order valence-corrected chi connectivity index (χ2v) is 8.39. The van der Waals surface area contributed by atoms with Gasteiger partial charge in [-0.1, -0.05) is 54.3 Å². The van der Waals surface area contributed by atoms with Gasteiger partial charge in [-0.15, -0.1) is 17.9 Å². The largest absolute Gasteiger partial charge is 0.289 e. The van der Waals surface area contributed by atoms with Crippen molar-refractivity contribution < 1.29 is 4.79 Å². The standard InChI is InChI=1S/C20H15N3OS3/c1-2-10-22-19(24)17(27-20(22)25)12-14-13-23(15-7-4-3-5-8-15)21-18(14)16-9-6-11-26-16/h2-9,11-13H,1,10H2/b17-12-. The summed E-state index contributed by atoms with van der Waals surface area (Å²) >= 11 is 8.27. The number of nitrogens with zero attached hydrogens (tertiary/aromatic N) is 3. The van der Waals surface area contributed by atoms with Gasteiger partial charge in [-0.2, -0.15) is 5.10 Å². The van der Waals surface area contributed by atoms with E-state index in [4.69, 9.17) is 17.3 Å². The number of carbonyl (C=O) groups is 1. The predicted octanol–water partition coefficient (Wildman–Crippen LogP) is 4.99. The lowest BCUT2D eigenvalue weighted by atomic mass is 10.2. The molecule has 0 bridgehead atoms. The van der Waals surface area contributed by atoms with Gasteiger partial charge in [0.2, 0.25) is 0 Å². The number of para-hydroxylation sites is 1. The van der Waals surface area contributed by atoms with Gasteiger partial charge < -0.3 is 0 Å². The molecule has 0 N–H and O–H groups in total. The fourth-order valence-corrected chi connectivity index (χ4v) is 4.74. The molecule has 0 aliphatic carbocycles. The Kier molecular flexibility index (Phi) is 5.07. The van der Waals surface area contributed by atoms with Crippen molar-refractivity contribution in [1.29, 1.82) is 0 Å². The summed E-state index contributed by atoms with van der Waals surface area (Å²) in [5, 5.41) is 6.78. The van der Waals surface area contributed by atoms with Crippen molar-refractivity contribution in [2.75, 3.05) is 6.54 Å². The van der Waals surface area contributed by atoms with E-state index >= 15 is 0 Å². The zero-order valence-corrected chi connectivity index (χ0v) is 16.7. The van der Waals surface area contributed by atoms with Crippen LogP contribution in [0.3, 0.4) is 0 Å². The molecule has 1 aliphatic heterocycles. The van der Waals surface area contributed by atoms with Crippen molar-refractivity contribution in [2.24, 2.45) is 0 Å². The Morgan fingerprint density at radius 1 is 1.19 bits per heavy atom. The Morgan fingerprint density at radius 2 is 2.00 bits per heavy atom. The Hall–Kier alpha value is -2.48. The minimum Gasteiger partial charge on any atom is -0.289 e. The molecule has 0 atom stereocenters. The predicted molar refractivity (Wildman–Crippen MR) is 117 cm³/mol. The molecule has 1 aromatic carbocycles. The van der Waals surface area contributed by atoms with Crippen LogP contribution < -0.4 is 0 Å². The van der Waals surface area contributed by atoms with Crippen LogP contribution in [-0.2, 0) is 4.79 Å². The van der Waals surface area contributed by atoms with Crippen molar-refractivity contribution in [3.05, 3.63) is 77.2 Å². The van der Waals surface area contributed by atoms with E-state index in [-0.39, 0.29) is 5.91 Å². The molecule has 134 valence electrons. The van der Waals surface area contributed by atoms with Gasteiger partial charge in [-0.05, 0) is 29.7 Å². The number of rotatable bonds is 5. The number of thiocarbonyl (C=S) groups is 1. The van der Waals surface area contributed by atoms with E-state index in [1.807, 2.05) is 64.8 Å². The van der Waals surface area contributed by atoms with E-state index < -0.39 is 0 Å². The van der Waals surface area contributed by atoms with Crippen molar-refractivity contribution >= 4 is 51.6 Å². The average Bonchev–Trinajstić information content (AvgIpc) is 3.40. The van der Waals surface area contributed by atoms with E-state index in [0.29, 0.717) is 15.8 Å². The summed E-state index contributed by atoms with van der Waals surface area (Å²) in [5.41, 5.74) is 2.71. The van der Waals surface area contributed by atoms with E-state index in [1.54, 1.807) is 22.3 Å². The van der Waals surface area contributed by atoms with Crippen LogP contribution >= 0.6 is 35.3 Å². The molecule has 3 heterocycles. The van der Waals surface area contributed by atoms with Gasteiger partial charge in [0.1, 0.15) is 10.0 Å². The van der Waals surface area contributed by atoms with Crippen LogP contribution in [0.2, 0.25) is 0 Å². The molecule has 3 aromatic rings. The Bertz CT molecular complexity index is 1040. The summed E-state index contributed by atoms with van der Waals surface area (Å²) in [7, 11) is 0. The third-order valence-corrected chi connectivity index (χ3v) is 6.24. The number of thiophene rings is 1. The highest BCUT2D eigenvalue weighted by molar-refractivity contribution is 8.26. The van der Waals surface area contributed by atoms with Crippen LogP contribution in [-0.4, -0.2) is 31.5 Å². The van der Waals surface area contributed by atoms with E-state index in [9.17, 15) is 4.79 Å². The van der Waals surface area contributed by atoms with Gasteiger partial charge in [0.25, 0.3) is 5.91 Å². The minimum atomic E-state index is -0.0884. The number of aromatic nitrogens is 2. The number of carbonyl (C=O) groups excluding carboxylic acids is 1. The van der Waals surface area contributed by atoms with Gasteiger partial charge in [0.05, 0.1) is 15.5 Å². The molecule has 7 heteroatoms. The first-order chi connectivity index (χ1) is 13.2. The molecule has 1 aliphatic rings. The summed E-state index contributed by atoms with van der Waals surface area (Å²) in [6, 6.07) is 13.9. The van der Waals surface area contributed by atoms with Crippen molar-refractivity contribution in [3.63, 3.8) is 0 Å². The summed E-state index contributed by atoms with van der Waals surface area (Å²) in [5.74, 6) is -0.0884. The molecule has 1 saturated heterocycles. The number of hydrogen-bond acceptors (Lipinski definition) is 5. The number of benzene rings is 1. The van der Waals surface area contributed by atoms with Crippen LogP contribution in [0.1, 0.15) is 5.56 Å². The molecule has 27 heavy (non-hydrogen) atoms. The van der Waals surface area contributed by atoms with Crippen LogP contribution in [0, 0.1) is 0 Å². The first-order valence-electron chi connectivity index (χ1n) is 8.22. The Morgan fingerprint density at radius 3 is 2.70 bits per heavy atom. The van der Waals surface area contributed by atoms with Gasteiger partial charge in [0.15, 0.2) is 0 Å². The number of thioether (sulfide) groups is 1.